The Morgan fingerprint density at radius 2 is 2.10 bits per heavy atom. The number of nitrogen functional groups attached to an aromatic ring is 1. The van der Waals surface area contributed by atoms with Gasteiger partial charge in [0.1, 0.15) is 10.6 Å². The number of aryl methyl sites for hydroxylation is 2. The third-order valence-corrected chi connectivity index (χ3v) is 5.71. The molecule has 3 rings (SSSR count). The molecule has 21 heavy (non-hydrogen) atoms. The first-order valence-corrected chi connectivity index (χ1v) is 8.59. The van der Waals surface area contributed by atoms with Gasteiger partial charge in [-0.3, -0.25) is 0 Å². The van der Waals surface area contributed by atoms with Gasteiger partial charge in [-0.25, -0.2) is 4.98 Å². The topological polar surface area (TPSA) is 63.8 Å². The summed E-state index contributed by atoms with van der Waals surface area (Å²) in [7, 11) is 0. The van der Waals surface area contributed by atoms with E-state index in [1.54, 1.807) is 22.7 Å². The van der Waals surface area contributed by atoms with Gasteiger partial charge in [0, 0.05) is 14.6 Å². The average Bonchev–Trinajstić information content (AvgIpc) is 3.04. The predicted octanol–water partition coefficient (Wildman–Crippen LogP) is 4.38. The average molecular weight is 318 g/mol. The fourth-order valence-corrected chi connectivity index (χ4v) is 4.09. The van der Waals surface area contributed by atoms with Crippen molar-refractivity contribution < 1.29 is 0 Å². The summed E-state index contributed by atoms with van der Waals surface area (Å²) in [6.07, 6.45) is 1.00. The van der Waals surface area contributed by atoms with Crippen molar-refractivity contribution in [2.24, 2.45) is 0 Å². The van der Waals surface area contributed by atoms with E-state index in [2.05, 4.69) is 54.3 Å². The second-order valence-electron chi connectivity index (χ2n) is 5.03. The van der Waals surface area contributed by atoms with Gasteiger partial charge >= 0.3 is 0 Å². The van der Waals surface area contributed by atoms with Crippen LogP contribution in [0.2, 0.25) is 0 Å². The number of aromatic nitrogens is 2. The van der Waals surface area contributed by atoms with Crippen molar-refractivity contribution >= 4 is 44.7 Å². The molecule has 0 aromatic carbocycles. The highest BCUT2D eigenvalue weighted by molar-refractivity contribution is 7.18. The Hall–Kier alpha value is -1.66. The number of anilines is 2. The monoisotopic (exact) mass is 318 g/mol. The number of thiophene rings is 2. The van der Waals surface area contributed by atoms with Gasteiger partial charge in [-0.05, 0) is 38.5 Å². The molecule has 3 heterocycles. The number of nitrogens with two attached hydrogens (primary N) is 1. The largest absolute Gasteiger partial charge is 0.368 e. The Bertz CT molecular complexity index is 775. The molecule has 6 heteroatoms. The number of hydrogen-bond donors (Lipinski definition) is 2. The van der Waals surface area contributed by atoms with Crippen molar-refractivity contribution in [1.29, 1.82) is 0 Å². The molecule has 1 atom stereocenters. The molecule has 3 N–H and O–H groups in total. The first-order valence-electron chi connectivity index (χ1n) is 6.95. The van der Waals surface area contributed by atoms with E-state index >= 15 is 0 Å². The molecular formula is C15H18N4S2. The fraction of sp³-hybridized carbons (Fsp3) is 0.333. The third-order valence-electron chi connectivity index (χ3n) is 3.35. The van der Waals surface area contributed by atoms with Gasteiger partial charge in [-0.1, -0.05) is 6.92 Å². The Balaban J connectivity index is 1.97. The van der Waals surface area contributed by atoms with Crippen LogP contribution in [0.25, 0.3) is 10.2 Å². The minimum atomic E-state index is 0.200. The SMILES string of the molecule is CCc1cc2c(NC(C)c3ccc(C)s3)nc(N)nc2s1. The van der Waals surface area contributed by atoms with Gasteiger partial charge in [0.15, 0.2) is 0 Å². The zero-order valence-corrected chi connectivity index (χ0v) is 13.9. The maximum atomic E-state index is 5.84. The molecular weight excluding hydrogens is 300 g/mol. The van der Waals surface area contributed by atoms with E-state index in [-0.39, 0.29) is 6.04 Å². The number of nitrogens with zero attached hydrogens (tertiary/aromatic N) is 2. The lowest BCUT2D eigenvalue weighted by molar-refractivity contribution is 0.899. The van der Waals surface area contributed by atoms with Gasteiger partial charge in [-0.15, -0.1) is 22.7 Å². The smallest absolute Gasteiger partial charge is 0.223 e. The maximum Gasteiger partial charge on any atom is 0.223 e. The van der Waals surface area contributed by atoms with Crippen LogP contribution < -0.4 is 11.1 Å². The molecule has 110 valence electrons. The molecule has 0 radical (unpaired) electrons. The minimum Gasteiger partial charge on any atom is -0.368 e. The van der Waals surface area contributed by atoms with Crippen LogP contribution in [-0.4, -0.2) is 9.97 Å². The van der Waals surface area contributed by atoms with Crippen LogP contribution in [0.3, 0.4) is 0 Å². The van der Waals surface area contributed by atoms with E-state index in [0.29, 0.717) is 5.95 Å². The van der Waals surface area contributed by atoms with Crippen molar-refractivity contribution in [2.75, 3.05) is 11.1 Å². The Labute approximate surface area is 132 Å². The Kier molecular flexibility index (Phi) is 3.82. The summed E-state index contributed by atoms with van der Waals surface area (Å²) < 4.78 is 0. The zero-order valence-electron chi connectivity index (χ0n) is 12.3. The number of rotatable bonds is 4. The van der Waals surface area contributed by atoms with E-state index in [9.17, 15) is 0 Å². The Morgan fingerprint density at radius 1 is 1.29 bits per heavy atom. The number of nitrogens with one attached hydrogen (secondary N) is 1. The first kappa shape index (κ1) is 14.3. The van der Waals surface area contributed by atoms with Crippen molar-refractivity contribution in [3.8, 4) is 0 Å². The lowest BCUT2D eigenvalue weighted by atomic mass is 10.2. The van der Waals surface area contributed by atoms with Crippen molar-refractivity contribution in [2.45, 2.75) is 33.2 Å². The summed E-state index contributed by atoms with van der Waals surface area (Å²) >= 11 is 3.48. The van der Waals surface area contributed by atoms with Crippen molar-refractivity contribution in [3.63, 3.8) is 0 Å². The van der Waals surface area contributed by atoms with Gasteiger partial charge in [0.05, 0.1) is 11.4 Å². The van der Waals surface area contributed by atoms with Crippen molar-refractivity contribution in [1.82, 2.24) is 9.97 Å². The van der Waals surface area contributed by atoms with Gasteiger partial charge < -0.3 is 11.1 Å². The van der Waals surface area contributed by atoms with E-state index in [1.807, 2.05) is 0 Å². The van der Waals surface area contributed by atoms with E-state index in [0.717, 1.165) is 22.5 Å². The van der Waals surface area contributed by atoms with Crippen LogP contribution >= 0.6 is 22.7 Å². The second kappa shape index (κ2) is 5.61. The molecule has 0 aliphatic rings. The van der Waals surface area contributed by atoms with Gasteiger partial charge in [0.25, 0.3) is 0 Å². The Morgan fingerprint density at radius 3 is 2.76 bits per heavy atom. The standard InChI is InChI=1S/C15H18N4S2/c1-4-10-7-11-13(18-15(16)19-14(11)21-10)17-9(3)12-6-5-8(2)20-12/h5-7,9H,4H2,1-3H3,(H3,16,17,18,19). The summed E-state index contributed by atoms with van der Waals surface area (Å²) in [6, 6.07) is 6.66. The highest BCUT2D eigenvalue weighted by atomic mass is 32.1. The van der Waals surface area contributed by atoms with Crippen LogP contribution in [0.15, 0.2) is 18.2 Å². The van der Waals surface area contributed by atoms with Gasteiger partial charge in [-0.2, -0.15) is 4.98 Å². The van der Waals surface area contributed by atoms with E-state index in [4.69, 9.17) is 5.73 Å². The molecule has 0 aliphatic carbocycles. The molecule has 4 nitrogen and oxygen atoms in total. The summed E-state index contributed by atoms with van der Waals surface area (Å²) in [4.78, 5) is 13.6. The molecule has 3 aromatic heterocycles. The molecule has 0 fully saturated rings. The second-order valence-corrected chi connectivity index (χ2v) is 7.46. The predicted molar refractivity (Wildman–Crippen MR) is 92.3 cm³/mol. The maximum absolute atomic E-state index is 5.84. The number of fused-ring (bicyclic) bond motifs is 1. The van der Waals surface area contributed by atoms with E-state index < -0.39 is 0 Å². The molecule has 0 bridgehead atoms. The normalized spacial score (nSPS) is 12.7. The molecule has 1 unspecified atom stereocenters. The van der Waals surface area contributed by atoms with Crippen LogP contribution in [-0.2, 0) is 6.42 Å². The molecule has 0 saturated heterocycles. The highest BCUT2D eigenvalue weighted by Crippen LogP contribution is 2.32. The summed E-state index contributed by atoms with van der Waals surface area (Å²) in [5, 5.41) is 4.54. The van der Waals surface area contributed by atoms with Gasteiger partial charge in [0.2, 0.25) is 5.95 Å². The molecule has 3 aromatic rings. The van der Waals surface area contributed by atoms with Crippen LogP contribution in [0.5, 0.6) is 0 Å². The lowest BCUT2D eigenvalue weighted by Gasteiger charge is -2.13. The zero-order chi connectivity index (χ0) is 15.0. The summed E-state index contributed by atoms with van der Waals surface area (Å²) in [5.41, 5.74) is 5.84. The third kappa shape index (κ3) is 2.87. The molecule has 0 aliphatic heterocycles. The summed E-state index contributed by atoms with van der Waals surface area (Å²) in [6.45, 7) is 6.41. The lowest BCUT2D eigenvalue weighted by Crippen LogP contribution is -2.08. The fourth-order valence-electron chi connectivity index (χ4n) is 2.23. The quantitative estimate of drug-likeness (QED) is 0.749. The molecule has 0 amide bonds. The summed E-state index contributed by atoms with van der Waals surface area (Å²) in [5.74, 6) is 1.15. The van der Waals surface area contributed by atoms with E-state index in [1.165, 1.54) is 14.6 Å². The van der Waals surface area contributed by atoms with Crippen LogP contribution in [0.4, 0.5) is 11.8 Å². The molecule has 0 spiro atoms. The minimum absolute atomic E-state index is 0.200. The van der Waals surface area contributed by atoms with Crippen molar-refractivity contribution in [3.05, 3.63) is 32.8 Å². The number of hydrogen-bond acceptors (Lipinski definition) is 6. The van der Waals surface area contributed by atoms with Crippen LogP contribution in [0, 0.1) is 6.92 Å². The highest BCUT2D eigenvalue weighted by Gasteiger charge is 2.14. The molecule has 0 saturated carbocycles. The van der Waals surface area contributed by atoms with Crippen LogP contribution in [0.1, 0.15) is 34.5 Å². The first-order chi connectivity index (χ1) is 10.1.